The standard InChI is InChI=1S/C22H26N2O4/c1-15-7-6-8-18(21(15)22(26)24-11-4-5-12-24)23-20(25)14-16-13-17(27-2)9-10-19(16)28-3/h6-10,13H,4-5,11-12,14H2,1-3H3,(H,23,25). The van der Waals surface area contributed by atoms with Crippen LogP contribution in [0.1, 0.15) is 34.3 Å². The first-order valence-electron chi connectivity index (χ1n) is 9.43. The van der Waals surface area contributed by atoms with Gasteiger partial charge in [-0.3, -0.25) is 9.59 Å². The monoisotopic (exact) mass is 382 g/mol. The van der Waals surface area contributed by atoms with Gasteiger partial charge in [0, 0.05) is 18.7 Å². The highest BCUT2D eigenvalue weighted by molar-refractivity contribution is 6.05. The molecule has 1 N–H and O–H groups in total. The third kappa shape index (κ3) is 4.27. The Kier molecular flexibility index (Phi) is 6.19. The molecule has 148 valence electrons. The molecule has 0 saturated carbocycles. The zero-order chi connectivity index (χ0) is 20.1. The Morgan fingerprint density at radius 3 is 2.50 bits per heavy atom. The molecule has 6 nitrogen and oxygen atoms in total. The first-order chi connectivity index (χ1) is 13.5. The van der Waals surface area contributed by atoms with Crippen molar-refractivity contribution in [3.8, 4) is 11.5 Å². The SMILES string of the molecule is COc1ccc(OC)c(CC(=O)Nc2cccc(C)c2C(=O)N2CCCC2)c1. The van der Waals surface area contributed by atoms with Gasteiger partial charge in [0.25, 0.3) is 5.91 Å². The maximum absolute atomic E-state index is 13.0. The zero-order valence-corrected chi connectivity index (χ0v) is 16.6. The lowest BCUT2D eigenvalue weighted by molar-refractivity contribution is -0.115. The summed E-state index contributed by atoms with van der Waals surface area (Å²) < 4.78 is 10.6. The van der Waals surface area contributed by atoms with Crippen LogP contribution in [-0.4, -0.2) is 44.0 Å². The Hall–Kier alpha value is -3.02. The predicted molar refractivity (Wildman–Crippen MR) is 108 cm³/mol. The molecule has 1 aliphatic rings. The molecule has 2 aromatic rings. The molecule has 2 aromatic carbocycles. The number of carbonyl (C=O) groups excluding carboxylic acids is 2. The number of methoxy groups -OCH3 is 2. The van der Waals surface area contributed by atoms with Gasteiger partial charge < -0.3 is 19.7 Å². The molecule has 1 heterocycles. The third-order valence-electron chi connectivity index (χ3n) is 4.99. The molecule has 0 bridgehead atoms. The smallest absolute Gasteiger partial charge is 0.256 e. The molecule has 2 amide bonds. The van der Waals surface area contributed by atoms with Gasteiger partial charge >= 0.3 is 0 Å². The normalized spacial score (nSPS) is 13.3. The number of rotatable bonds is 6. The summed E-state index contributed by atoms with van der Waals surface area (Å²) in [6, 6.07) is 10.9. The van der Waals surface area contributed by atoms with Crippen molar-refractivity contribution >= 4 is 17.5 Å². The van der Waals surface area contributed by atoms with Crippen molar-refractivity contribution in [2.24, 2.45) is 0 Å². The van der Waals surface area contributed by atoms with Gasteiger partial charge in [0.2, 0.25) is 5.91 Å². The second-order valence-electron chi connectivity index (χ2n) is 6.90. The Labute approximate surface area is 165 Å². The van der Waals surface area contributed by atoms with E-state index >= 15 is 0 Å². The highest BCUT2D eigenvalue weighted by Gasteiger charge is 2.24. The molecule has 0 aromatic heterocycles. The topological polar surface area (TPSA) is 67.9 Å². The third-order valence-corrected chi connectivity index (χ3v) is 4.99. The van der Waals surface area contributed by atoms with E-state index in [4.69, 9.17) is 9.47 Å². The number of nitrogens with zero attached hydrogens (tertiary/aromatic N) is 1. The van der Waals surface area contributed by atoms with Crippen LogP contribution in [0.2, 0.25) is 0 Å². The summed E-state index contributed by atoms with van der Waals surface area (Å²) in [6.45, 7) is 3.42. The van der Waals surface area contributed by atoms with E-state index in [1.54, 1.807) is 38.5 Å². The fourth-order valence-electron chi connectivity index (χ4n) is 3.52. The number of amides is 2. The first kappa shape index (κ1) is 19.7. The van der Waals surface area contributed by atoms with Gasteiger partial charge in [0.15, 0.2) is 0 Å². The van der Waals surface area contributed by atoms with Crippen LogP contribution >= 0.6 is 0 Å². The molecule has 0 radical (unpaired) electrons. The fourth-order valence-corrected chi connectivity index (χ4v) is 3.52. The number of nitrogens with one attached hydrogen (secondary N) is 1. The van der Waals surface area contributed by atoms with Crippen molar-refractivity contribution < 1.29 is 19.1 Å². The molecule has 0 atom stereocenters. The lowest BCUT2D eigenvalue weighted by atomic mass is 10.0. The van der Waals surface area contributed by atoms with Gasteiger partial charge in [-0.15, -0.1) is 0 Å². The van der Waals surface area contributed by atoms with Crippen molar-refractivity contribution in [1.29, 1.82) is 0 Å². The fraction of sp³-hybridized carbons (Fsp3) is 0.364. The van der Waals surface area contributed by atoms with E-state index in [2.05, 4.69) is 5.32 Å². The molecule has 1 saturated heterocycles. The van der Waals surface area contributed by atoms with Crippen molar-refractivity contribution in [2.45, 2.75) is 26.2 Å². The van der Waals surface area contributed by atoms with Gasteiger partial charge in [-0.1, -0.05) is 12.1 Å². The van der Waals surface area contributed by atoms with E-state index < -0.39 is 0 Å². The van der Waals surface area contributed by atoms with Crippen molar-refractivity contribution in [3.63, 3.8) is 0 Å². The number of likely N-dealkylation sites (tertiary alicyclic amines) is 1. The summed E-state index contributed by atoms with van der Waals surface area (Å²) in [5.74, 6) is 1.04. The molecule has 28 heavy (non-hydrogen) atoms. The maximum Gasteiger partial charge on any atom is 0.256 e. The van der Waals surface area contributed by atoms with Gasteiger partial charge in [0.05, 0.1) is 31.9 Å². The maximum atomic E-state index is 13.0. The molecule has 0 unspecified atom stereocenters. The molecule has 0 spiro atoms. The molecule has 1 fully saturated rings. The number of carbonyl (C=O) groups is 2. The summed E-state index contributed by atoms with van der Waals surface area (Å²) in [4.78, 5) is 27.5. The zero-order valence-electron chi connectivity index (χ0n) is 16.6. The number of hydrogen-bond acceptors (Lipinski definition) is 4. The van der Waals surface area contributed by atoms with Gasteiger partial charge in [0.1, 0.15) is 11.5 Å². The summed E-state index contributed by atoms with van der Waals surface area (Å²) in [5.41, 5.74) is 2.69. The minimum atomic E-state index is -0.215. The Balaban J connectivity index is 1.81. The lowest BCUT2D eigenvalue weighted by Crippen LogP contribution is -2.29. The van der Waals surface area contributed by atoms with Crippen LogP contribution in [0.3, 0.4) is 0 Å². The van der Waals surface area contributed by atoms with Gasteiger partial charge in [-0.2, -0.15) is 0 Å². The molecular weight excluding hydrogens is 356 g/mol. The Morgan fingerprint density at radius 1 is 1.07 bits per heavy atom. The van der Waals surface area contributed by atoms with Crippen LogP contribution < -0.4 is 14.8 Å². The number of ether oxygens (including phenoxy) is 2. The van der Waals surface area contributed by atoms with Crippen LogP contribution in [0.5, 0.6) is 11.5 Å². The highest BCUT2D eigenvalue weighted by atomic mass is 16.5. The highest BCUT2D eigenvalue weighted by Crippen LogP contribution is 2.26. The summed E-state index contributed by atoms with van der Waals surface area (Å²) in [6.07, 6.45) is 2.16. The van der Waals surface area contributed by atoms with Crippen molar-refractivity contribution in [2.75, 3.05) is 32.6 Å². The van der Waals surface area contributed by atoms with E-state index in [9.17, 15) is 9.59 Å². The summed E-state index contributed by atoms with van der Waals surface area (Å²) >= 11 is 0. The van der Waals surface area contributed by atoms with Crippen LogP contribution in [0, 0.1) is 6.92 Å². The predicted octanol–water partition coefficient (Wildman–Crippen LogP) is 3.43. The van der Waals surface area contributed by atoms with Crippen LogP contribution in [0.4, 0.5) is 5.69 Å². The lowest BCUT2D eigenvalue weighted by Gasteiger charge is -2.20. The molecule has 3 rings (SSSR count). The number of aryl methyl sites for hydroxylation is 1. The minimum Gasteiger partial charge on any atom is -0.497 e. The average Bonchev–Trinajstić information content (AvgIpc) is 3.22. The van der Waals surface area contributed by atoms with Crippen molar-refractivity contribution in [3.05, 3.63) is 53.1 Å². The van der Waals surface area contributed by atoms with Crippen LogP contribution in [0.15, 0.2) is 36.4 Å². The molecular formula is C22H26N2O4. The number of hydrogen-bond donors (Lipinski definition) is 1. The Bertz CT molecular complexity index is 873. The van der Waals surface area contributed by atoms with Gasteiger partial charge in [-0.05, 0) is 49.6 Å². The van der Waals surface area contributed by atoms with Crippen molar-refractivity contribution in [1.82, 2.24) is 4.90 Å². The number of benzene rings is 2. The van der Waals surface area contributed by atoms with E-state index in [0.29, 0.717) is 22.7 Å². The van der Waals surface area contributed by atoms with Gasteiger partial charge in [-0.25, -0.2) is 0 Å². The Morgan fingerprint density at radius 2 is 1.82 bits per heavy atom. The second kappa shape index (κ2) is 8.78. The minimum absolute atomic E-state index is 0.0233. The molecule has 6 heteroatoms. The number of anilines is 1. The van der Waals surface area contributed by atoms with Crippen LogP contribution in [0.25, 0.3) is 0 Å². The van der Waals surface area contributed by atoms with Crippen LogP contribution in [-0.2, 0) is 11.2 Å². The quantitative estimate of drug-likeness (QED) is 0.831. The second-order valence-corrected chi connectivity index (χ2v) is 6.90. The molecule has 1 aliphatic heterocycles. The van der Waals surface area contributed by atoms with E-state index in [1.165, 1.54) is 0 Å². The van der Waals surface area contributed by atoms with E-state index in [0.717, 1.165) is 37.1 Å². The molecule has 0 aliphatic carbocycles. The average molecular weight is 382 g/mol. The first-order valence-corrected chi connectivity index (χ1v) is 9.43. The summed E-state index contributed by atoms with van der Waals surface area (Å²) in [7, 11) is 3.14. The van der Waals surface area contributed by atoms with E-state index in [1.807, 2.05) is 24.0 Å². The largest absolute Gasteiger partial charge is 0.497 e. The summed E-state index contributed by atoms with van der Waals surface area (Å²) in [5, 5.41) is 2.91. The van der Waals surface area contributed by atoms with E-state index in [-0.39, 0.29) is 18.2 Å².